The van der Waals surface area contributed by atoms with Gasteiger partial charge < -0.3 is 22.0 Å². The molecular formula is C10H15N3O. The Kier molecular flexibility index (Phi) is 3.22. The number of nitrogen functional groups attached to an aromatic ring is 1. The van der Waals surface area contributed by atoms with Crippen molar-refractivity contribution in [2.75, 3.05) is 5.73 Å². The van der Waals surface area contributed by atoms with Crippen molar-refractivity contribution in [2.45, 2.75) is 19.0 Å². The number of carbonyl (C=O) groups is 1. The van der Waals surface area contributed by atoms with Gasteiger partial charge in [0, 0.05) is 5.69 Å². The van der Waals surface area contributed by atoms with Crippen molar-refractivity contribution >= 4 is 12.0 Å². The zero-order valence-corrected chi connectivity index (χ0v) is 8.10. The van der Waals surface area contributed by atoms with Gasteiger partial charge in [0.25, 0.3) is 0 Å². The smallest absolute Gasteiger partial charge is 0.138 e. The predicted molar refractivity (Wildman–Crippen MR) is 56.6 cm³/mol. The number of nitrogens with two attached hydrogens (primary N) is 3. The van der Waals surface area contributed by atoms with Crippen LogP contribution in [-0.4, -0.2) is 12.3 Å². The molecule has 2 atom stereocenters. The Hall–Kier alpha value is -1.39. The number of benzene rings is 1. The van der Waals surface area contributed by atoms with E-state index in [1.165, 1.54) is 0 Å². The van der Waals surface area contributed by atoms with E-state index in [1.807, 2.05) is 13.0 Å². The predicted octanol–water partition coefficient (Wildman–Crippen LogP) is 0.103. The second kappa shape index (κ2) is 4.21. The Morgan fingerprint density at radius 2 is 2.00 bits per heavy atom. The number of rotatable bonds is 3. The van der Waals surface area contributed by atoms with Crippen LogP contribution in [0.25, 0.3) is 0 Å². The molecule has 2 unspecified atom stereocenters. The van der Waals surface area contributed by atoms with E-state index >= 15 is 0 Å². The van der Waals surface area contributed by atoms with E-state index in [0.717, 1.165) is 11.1 Å². The van der Waals surface area contributed by atoms with Gasteiger partial charge in [-0.2, -0.15) is 0 Å². The largest absolute Gasteiger partial charge is 0.399 e. The first-order chi connectivity index (χ1) is 6.56. The lowest BCUT2D eigenvalue weighted by molar-refractivity contribution is -0.109. The normalized spacial score (nSPS) is 14.8. The minimum atomic E-state index is -0.685. The molecule has 6 N–H and O–H groups in total. The van der Waals surface area contributed by atoms with Gasteiger partial charge in [-0.25, -0.2) is 0 Å². The fraction of sp³-hybridized carbons (Fsp3) is 0.300. The third-order valence-electron chi connectivity index (χ3n) is 2.23. The van der Waals surface area contributed by atoms with E-state index in [2.05, 4.69) is 0 Å². The molecule has 0 saturated heterocycles. The summed E-state index contributed by atoms with van der Waals surface area (Å²) in [5.41, 5.74) is 19.4. The third-order valence-corrected chi connectivity index (χ3v) is 2.23. The highest BCUT2D eigenvalue weighted by Crippen LogP contribution is 2.19. The van der Waals surface area contributed by atoms with Crippen molar-refractivity contribution in [3.8, 4) is 0 Å². The number of hydrogen-bond acceptors (Lipinski definition) is 4. The first-order valence-electron chi connectivity index (χ1n) is 4.38. The van der Waals surface area contributed by atoms with Crippen molar-refractivity contribution in [3.05, 3.63) is 29.3 Å². The minimum Gasteiger partial charge on any atom is -0.399 e. The maximum Gasteiger partial charge on any atom is 0.138 e. The Labute approximate surface area is 83.1 Å². The molecule has 0 heterocycles. The van der Waals surface area contributed by atoms with E-state index in [4.69, 9.17) is 17.2 Å². The monoisotopic (exact) mass is 193 g/mol. The summed E-state index contributed by atoms with van der Waals surface area (Å²) in [6, 6.07) is 4.23. The van der Waals surface area contributed by atoms with Crippen molar-refractivity contribution in [1.29, 1.82) is 0 Å². The summed E-state index contributed by atoms with van der Waals surface area (Å²) in [4.78, 5) is 10.5. The van der Waals surface area contributed by atoms with Crippen LogP contribution in [0.15, 0.2) is 18.2 Å². The SMILES string of the molecule is Cc1ccc(N)cc1C(N)C(N)C=O. The topological polar surface area (TPSA) is 95.1 Å². The quantitative estimate of drug-likeness (QED) is 0.468. The lowest BCUT2D eigenvalue weighted by Crippen LogP contribution is -2.35. The van der Waals surface area contributed by atoms with Crippen LogP contribution in [0.2, 0.25) is 0 Å². The molecule has 0 saturated carbocycles. The minimum absolute atomic E-state index is 0.490. The van der Waals surface area contributed by atoms with Gasteiger partial charge in [0.15, 0.2) is 0 Å². The standard InChI is InChI=1S/C10H15N3O/c1-6-2-3-7(11)4-8(6)10(13)9(12)5-14/h2-5,9-10H,11-13H2,1H3. The van der Waals surface area contributed by atoms with E-state index in [-0.39, 0.29) is 0 Å². The maximum absolute atomic E-state index is 10.5. The summed E-state index contributed by atoms with van der Waals surface area (Å²) in [7, 11) is 0. The van der Waals surface area contributed by atoms with Gasteiger partial charge in [0.1, 0.15) is 6.29 Å². The average Bonchev–Trinajstić information content (AvgIpc) is 2.19. The van der Waals surface area contributed by atoms with Crippen LogP contribution in [0.3, 0.4) is 0 Å². The van der Waals surface area contributed by atoms with Crippen molar-refractivity contribution in [2.24, 2.45) is 11.5 Å². The molecule has 0 aliphatic carbocycles. The molecule has 1 aromatic carbocycles. The number of hydrogen-bond donors (Lipinski definition) is 3. The summed E-state index contributed by atoms with van der Waals surface area (Å²) in [6.45, 7) is 1.91. The van der Waals surface area contributed by atoms with Crippen LogP contribution in [0.1, 0.15) is 17.2 Å². The van der Waals surface area contributed by atoms with E-state index < -0.39 is 12.1 Å². The van der Waals surface area contributed by atoms with Crippen LogP contribution >= 0.6 is 0 Å². The molecule has 4 nitrogen and oxygen atoms in total. The molecular weight excluding hydrogens is 178 g/mol. The van der Waals surface area contributed by atoms with Gasteiger partial charge in [0.2, 0.25) is 0 Å². The summed E-state index contributed by atoms with van der Waals surface area (Å²) >= 11 is 0. The molecule has 1 rings (SSSR count). The molecule has 1 aromatic rings. The molecule has 0 amide bonds. The van der Waals surface area contributed by atoms with Crippen molar-refractivity contribution in [3.63, 3.8) is 0 Å². The Bertz CT molecular complexity index is 338. The molecule has 4 heteroatoms. The molecule has 0 spiro atoms. The Balaban J connectivity index is 3.05. The Morgan fingerprint density at radius 1 is 1.36 bits per heavy atom. The summed E-state index contributed by atoms with van der Waals surface area (Å²) < 4.78 is 0. The van der Waals surface area contributed by atoms with Gasteiger partial charge >= 0.3 is 0 Å². The van der Waals surface area contributed by atoms with E-state index in [0.29, 0.717) is 12.0 Å². The molecule has 76 valence electrons. The highest BCUT2D eigenvalue weighted by Gasteiger charge is 2.16. The van der Waals surface area contributed by atoms with Gasteiger partial charge in [-0.3, -0.25) is 0 Å². The number of aldehydes is 1. The van der Waals surface area contributed by atoms with Gasteiger partial charge in [-0.05, 0) is 30.2 Å². The number of aryl methyl sites for hydroxylation is 1. The lowest BCUT2D eigenvalue weighted by Gasteiger charge is -2.17. The van der Waals surface area contributed by atoms with Crippen molar-refractivity contribution < 1.29 is 4.79 Å². The summed E-state index contributed by atoms with van der Waals surface area (Å²) in [5.74, 6) is 0. The highest BCUT2D eigenvalue weighted by atomic mass is 16.1. The van der Waals surface area contributed by atoms with Crippen LogP contribution in [0, 0.1) is 6.92 Å². The number of anilines is 1. The van der Waals surface area contributed by atoms with Gasteiger partial charge in [0.05, 0.1) is 12.1 Å². The summed E-state index contributed by atoms with van der Waals surface area (Å²) in [5, 5.41) is 0. The van der Waals surface area contributed by atoms with E-state index in [9.17, 15) is 4.79 Å². The first-order valence-corrected chi connectivity index (χ1v) is 4.38. The third kappa shape index (κ3) is 2.10. The second-order valence-electron chi connectivity index (χ2n) is 3.36. The first kappa shape index (κ1) is 10.7. The van der Waals surface area contributed by atoms with Crippen LogP contribution in [-0.2, 0) is 4.79 Å². The van der Waals surface area contributed by atoms with Crippen LogP contribution in [0.5, 0.6) is 0 Å². The molecule has 14 heavy (non-hydrogen) atoms. The van der Waals surface area contributed by atoms with Crippen LogP contribution in [0.4, 0.5) is 5.69 Å². The van der Waals surface area contributed by atoms with Gasteiger partial charge in [-0.15, -0.1) is 0 Å². The lowest BCUT2D eigenvalue weighted by atomic mass is 9.97. The fourth-order valence-corrected chi connectivity index (χ4v) is 1.31. The molecule has 0 bridgehead atoms. The van der Waals surface area contributed by atoms with E-state index in [1.54, 1.807) is 12.1 Å². The summed E-state index contributed by atoms with van der Waals surface area (Å²) in [6.07, 6.45) is 0.646. The van der Waals surface area contributed by atoms with Gasteiger partial charge in [-0.1, -0.05) is 6.07 Å². The highest BCUT2D eigenvalue weighted by molar-refractivity contribution is 5.60. The molecule has 0 radical (unpaired) electrons. The molecule has 0 aromatic heterocycles. The average molecular weight is 193 g/mol. The molecule has 0 fully saturated rings. The zero-order chi connectivity index (χ0) is 10.7. The molecule has 0 aliphatic rings. The van der Waals surface area contributed by atoms with Crippen molar-refractivity contribution in [1.82, 2.24) is 0 Å². The Morgan fingerprint density at radius 3 is 2.57 bits per heavy atom. The maximum atomic E-state index is 10.5. The number of carbonyl (C=O) groups excluding carboxylic acids is 1. The fourth-order valence-electron chi connectivity index (χ4n) is 1.31. The zero-order valence-electron chi connectivity index (χ0n) is 8.10. The molecule has 0 aliphatic heterocycles. The second-order valence-corrected chi connectivity index (χ2v) is 3.36. The van der Waals surface area contributed by atoms with Crippen LogP contribution < -0.4 is 17.2 Å².